The van der Waals surface area contributed by atoms with Crippen molar-refractivity contribution < 1.29 is 14.3 Å². The minimum absolute atomic E-state index is 0.149. The summed E-state index contributed by atoms with van der Waals surface area (Å²) in [5.41, 5.74) is 2.28. The topological polar surface area (TPSA) is 103 Å². The first kappa shape index (κ1) is 21.4. The molecule has 0 bridgehead atoms. The van der Waals surface area contributed by atoms with Gasteiger partial charge in [0.15, 0.2) is 0 Å². The molecule has 0 aliphatic carbocycles. The number of anilines is 1. The third kappa shape index (κ3) is 4.73. The number of aromatic nitrogens is 3. The van der Waals surface area contributed by atoms with Crippen LogP contribution < -0.4 is 10.9 Å². The maximum absolute atomic E-state index is 12.5. The van der Waals surface area contributed by atoms with E-state index in [1.165, 1.54) is 28.0 Å². The number of nitrogens with one attached hydrogen (secondary N) is 1. The first-order valence-corrected chi connectivity index (χ1v) is 10.8. The van der Waals surface area contributed by atoms with Crippen molar-refractivity contribution in [2.75, 3.05) is 5.32 Å². The van der Waals surface area contributed by atoms with E-state index >= 15 is 0 Å². The standard InChI is InChI=1S/C23H20N4O4S/c1-3-19-26-27-20(28)12-18(25-23(27)32-19)13-31-22(30)16-8-5-9-17(11-16)24-21(29)15-7-4-6-14(2)10-15/h4-12H,3,13H2,1-2H3,(H,24,29). The maximum atomic E-state index is 12.5. The van der Waals surface area contributed by atoms with Gasteiger partial charge in [0.25, 0.3) is 11.5 Å². The number of hydrogen-bond acceptors (Lipinski definition) is 7. The summed E-state index contributed by atoms with van der Waals surface area (Å²) in [7, 11) is 0. The molecule has 162 valence electrons. The summed E-state index contributed by atoms with van der Waals surface area (Å²) < 4.78 is 6.58. The normalized spacial score (nSPS) is 10.8. The molecule has 32 heavy (non-hydrogen) atoms. The molecule has 8 nitrogen and oxygen atoms in total. The molecule has 4 rings (SSSR count). The Morgan fingerprint density at radius 1 is 1.09 bits per heavy atom. The number of benzene rings is 2. The lowest BCUT2D eigenvalue weighted by Gasteiger charge is -2.08. The fourth-order valence-corrected chi connectivity index (χ4v) is 3.91. The fourth-order valence-electron chi connectivity index (χ4n) is 3.05. The third-order valence-corrected chi connectivity index (χ3v) is 5.68. The van der Waals surface area contributed by atoms with Crippen molar-refractivity contribution in [2.24, 2.45) is 0 Å². The molecule has 0 saturated carbocycles. The quantitative estimate of drug-likeness (QED) is 0.452. The van der Waals surface area contributed by atoms with E-state index in [1.54, 1.807) is 30.3 Å². The van der Waals surface area contributed by atoms with Crippen molar-refractivity contribution >= 4 is 33.9 Å². The number of carbonyl (C=O) groups excluding carboxylic acids is 2. The molecule has 0 spiro atoms. The maximum Gasteiger partial charge on any atom is 0.338 e. The number of fused-ring (bicyclic) bond motifs is 1. The van der Waals surface area contributed by atoms with Gasteiger partial charge in [-0.25, -0.2) is 9.78 Å². The van der Waals surface area contributed by atoms with Gasteiger partial charge >= 0.3 is 5.97 Å². The Labute approximate surface area is 187 Å². The van der Waals surface area contributed by atoms with Gasteiger partial charge in [-0.1, -0.05) is 42.0 Å². The lowest BCUT2D eigenvalue weighted by Crippen LogP contribution is -2.17. The second-order valence-corrected chi connectivity index (χ2v) is 8.15. The van der Waals surface area contributed by atoms with Gasteiger partial charge in [-0.2, -0.15) is 9.61 Å². The van der Waals surface area contributed by atoms with E-state index in [4.69, 9.17) is 4.74 Å². The lowest BCUT2D eigenvalue weighted by atomic mass is 10.1. The number of esters is 1. The average molecular weight is 449 g/mol. The Morgan fingerprint density at radius 3 is 2.66 bits per heavy atom. The first-order chi connectivity index (χ1) is 15.4. The van der Waals surface area contributed by atoms with Gasteiger partial charge in [0.05, 0.1) is 11.3 Å². The third-order valence-electron chi connectivity index (χ3n) is 4.63. The molecule has 0 aliphatic rings. The molecule has 0 fully saturated rings. The predicted molar refractivity (Wildman–Crippen MR) is 121 cm³/mol. The molecular formula is C23H20N4O4S. The highest BCUT2D eigenvalue weighted by molar-refractivity contribution is 7.16. The van der Waals surface area contributed by atoms with Gasteiger partial charge in [0.2, 0.25) is 4.96 Å². The first-order valence-electron chi connectivity index (χ1n) is 9.97. The van der Waals surface area contributed by atoms with Crippen LogP contribution in [0, 0.1) is 6.92 Å². The number of hydrogen-bond donors (Lipinski definition) is 1. The molecule has 2 aromatic carbocycles. The summed E-state index contributed by atoms with van der Waals surface area (Å²) in [6.07, 6.45) is 0.703. The number of rotatable bonds is 6. The Morgan fingerprint density at radius 2 is 1.88 bits per heavy atom. The van der Waals surface area contributed by atoms with Crippen LogP contribution >= 0.6 is 11.3 Å². The summed E-state index contributed by atoms with van der Waals surface area (Å²) >= 11 is 1.32. The average Bonchev–Trinajstić information content (AvgIpc) is 3.21. The van der Waals surface area contributed by atoms with Crippen molar-refractivity contribution in [1.82, 2.24) is 14.6 Å². The van der Waals surface area contributed by atoms with Crippen LogP contribution in [0.25, 0.3) is 4.96 Å². The van der Waals surface area contributed by atoms with Crippen LogP contribution in [0.4, 0.5) is 5.69 Å². The predicted octanol–water partition coefficient (Wildman–Crippen LogP) is 3.63. The molecule has 4 aromatic rings. The Hall–Kier alpha value is -3.85. The van der Waals surface area contributed by atoms with Crippen molar-refractivity contribution in [3.8, 4) is 0 Å². The van der Waals surface area contributed by atoms with Crippen LogP contribution in [0.3, 0.4) is 0 Å². The molecule has 0 atom stereocenters. The number of aryl methyl sites for hydroxylation is 2. The van der Waals surface area contributed by atoms with Gasteiger partial charge in [0, 0.05) is 17.3 Å². The highest BCUT2D eigenvalue weighted by Crippen LogP contribution is 2.15. The monoisotopic (exact) mass is 448 g/mol. The van der Waals surface area contributed by atoms with Crippen LogP contribution in [-0.4, -0.2) is 26.5 Å². The van der Waals surface area contributed by atoms with Crippen molar-refractivity contribution in [3.63, 3.8) is 0 Å². The number of nitrogens with zero attached hydrogens (tertiary/aromatic N) is 3. The molecule has 2 heterocycles. The Bertz CT molecular complexity index is 1380. The minimum Gasteiger partial charge on any atom is -0.456 e. The molecule has 9 heteroatoms. The minimum atomic E-state index is -0.586. The molecule has 0 aliphatic heterocycles. The second kappa shape index (κ2) is 9.11. The van der Waals surface area contributed by atoms with Crippen molar-refractivity contribution in [2.45, 2.75) is 26.9 Å². The summed E-state index contributed by atoms with van der Waals surface area (Å²) in [6, 6.07) is 15.0. The van der Waals surface area contributed by atoms with E-state index in [2.05, 4.69) is 15.4 Å². The zero-order chi connectivity index (χ0) is 22.7. The molecule has 1 amide bonds. The van der Waals surface area contributed by atoms with E-state index < -0.39 is 5.97 Å². The number of carbonyl (C=O) groups is 2. The molecule has 0 unspecified atom stereocenters. The molecule has 0 radical (unpaired) electrons. The van der Waals surface area contributed by atoms with Crippen LogP contribution in [0.15, 0.2) is 59.4 Å². The smallest absolute Gasteiger partial charge is 0.338 e. The van der Waals surface area contributed by atoms with Crippen LogP contribution in [0.5, 0.6) is 0 Å². The van der Waals surface area contributed by atoms with E-state index in [0.29, 0.717) is 28.3 Å². The number of ether oxygens (including phenoxy) is 1. The Kier molecular flexibility index (Phi) is 6.09. The summed E-state index contributed by atoms with van der Waals surface area (Å²) in [6.45, 7) is 3.71. The van der Waals surface area contributed by atoms with Crippen LogP contribution in [0.1, 0.15) is 43.9 Å². The van der Waals surface area contributed by atoms with Crippen molar-refractivity contribution in [3.05, 3.63) is 92.3 Å². The van der Waals surface area contributed by atoms with Crippen molar-refractivity contribution in [1.29, 1.82) is 0 Å². The molecule has 2 aromatic heterocycles. The molecule has 1 N–H and O–H groups in total. The van der Waals surface area contributed by atoms with Gasteiger partial charge < -0.3 is 10.1 Å². The zero-order valence-corrected chi connectivity index (χ0v) is 18.3. The molecule has 0 saturated heterocycles. The van der Waals surface area contributed by atoms with Gasteiger partial charge in [-0.3, -0.25) is 9.59 Å². The summed E-state index contributed by atoms with van der Waals surface area (Å²) in [5, 5.41) is 7.77. The highest BCUT2D eigenvalue weighted by atomic mass is 32.1. The second-order valence-electron chi connectivity index (χ2n) is 7.11. The van der Waals surface area contributed by atoms with E-state index in [9.17, 15) is 14.4 Å². The van der Waals surface area contributed by atoms with E-state index in [0.717, 1.165) is 10.6 Å². The number of amides is 1. The summed E-state index contributed by atoms with van der Waals surface area (Å²) in [5.74, 6) is -0.856. The lowest BCUT2D eigenvalue weighted by molar-refractivity contribution is 0.0467. The fraction of sp³-hybridized carbons (Fsp3) is 0.174. The SMILES string of the molecule is CCc1nn2c(=O)cc(COC(=O)c3cccc(NC(=O)c4cccc(C)c4)c3)nc2s1. The Balaban J connectivity index is 1.44. The zero-order valence-electron chi connectivity index (χ0n) is 17.5. The van der Waals surface area contributed by atoms with Crippen LogP contribution in [0.2, 0.25) is 0 Å². The van der Waals surface area contributed by atoms with E-state index in [1.807, 2.05) is 26.0 Å². The van der Waals surface area contributed by atoms with Gasteiger partial charge in [0.1, 0.15) is 11.6 Å². The summed E-state index contributed by atoms with van der Waals surface area (Å²) in [4.78, 5) is 42.0. The highest BCUT2D eigenvalue weighted by Gasteiger charge is 2.13. The van der Waals surface area contributed by atoms with Crippen LogP contribution in [-0.2, 0) is 17.8 Å². The van der Waals surface area contributed by atoms with E-state index in [-0.39, 0.29) is 23.6 Å². The molecular weight excluding hydrogens is 428 g/mol. The van der Waals surface area contributed by atoms with Gasteiger partial charge in [-0.05, 0) is 43.7 Å². The van der Waals surface area contributed by atoms with Gasteiger partial charge in [-0.15, -0.1) is 0 Å². The largest absolute Gasteiger partial charge is 0.456 e.